The predicted molar refractivity (Wildman–Crippen MR) is 136 cm³/mol. The van der Waals surface area contributed by atoms with E-state index < -0.39 is 17.9 Å². The first kappa shape index (κ1) is 25.2. The number of thiocarbonyl (C=S) groups is 1. The highest BCUT2D eigenvalue weighted by atomic mass is 35.5. The van der Waals surface area contributed by atoms with Gasteiger partial charge in [0.15, 0.2) is 0 Å². The maximum absolute atomic E-state index is 12.9. The average Bonchev–Trinajstić information content (AvgIpc) is 3.00. The third-order valence-corrected chi connectivity index (χ3v) is 6.42. The summed E-state index contributed by atoms with van der Waals surface area (Å²) in [6.07, 6.45) is 3.68. The van der Waals surface area contributed by atoms with Crippen molar-refractivity contribution in [1.82, 2.24) is 9.88 Å². The molecule has 1 saturated heterocycles. The van der Waals surface area contributed by atoms with Crippen molar-refractivity contribution in [3.8, 4) is 17.0 Å². The lowest BCUT2D eigenvalue weighted by molar-refractivity contribution is -0.145. The number of halogens is 1. The molecule has 1 aromatic heterocycles. The molecule has 0 saturated carbocycles. The topological polar surface area (TPSA) is 79.7 Å². The molecule has 6 nitrogen and oxygen atoms in total. The Bertz CT molecular complexity index is 1100. The van der Waals surface area contributed by atoms with E-state index in [0.29, 0.717) is 27.7 Å². The molecular formula is C24H25ClN2O4S2. The summed E-state index contributed by atoms with van der Waals surface area (Å²) in [6, 6.07) is 8.19. The minimum atomic E-state index is -1.06. The van der Waals surface area contributed by atoms with Gasteiger partial charge in [-0.3, -0.25) is 14.7 Å². The number of hydrogen-bond acceptors (Lipinski definition) is 6. The largest absolute Gasteiger partial charge is 0.489 e. The summed E-state index contributed by atoms with van der Waals surface area (Å²) in [5.74, 6) is -0.729. The smallest absolute Gasteiger partial charge is 0.326 e. The lowest BCUT2D eigenvalue weighted by Crippen LogP contribution is -2.44. The summed E-state index contributed by atoms with van der Waals surface area (Å²) in [4.78, 5) is 30.7. The summed E-state index contributed by atoms with van der Waals surface area (Å²) < 4.78 is 5.92. The van der Waals surface area contributed by atoms with Crippen molar-refractivity contribution in [2.75, 3.05) is 0 Å². The van der Waals surface area contributed by atoms with E-state index in [4.69, 9.17) is 28.6 Å². The molecule has 33 heavy (non-hydrogen) atoms. The fraction of sp³-hybridized carbons (Fsp3) is 0.333. The minimum absolute atomic E-state index is 0.0231. The predicted octanol–water partition coefficient (Wildman–Crippen LogP) is 5.89. The van der Waals surface area contributed by atoms with Crippen LogP contribution in [0.3, 0.4) is 0 Å². The Kier molecular flexibility index (Phi) is 8.15. The van der Waals surface area contributed by atoms with Crippen LogP contribution in [0.25, 0.3) is 17.3 Å². The zero-order valence-electron chi connectivity index (χ0n) is 18.7. The zero-order valence-corrected chi connectivity index (χ0v) is 21.1. The number of carboxylic acid groups (broad SMARTS) is 1. The van der Waals surface area contributed by atoms with Crippen LogP contribution >= 0.6 is 35.6 Å². The Morgan fingerprint density at radius 2 is 2.00 bits per heavy atom. The van der Waals surface area contributed by atoms with Crippen LogP contribution in [0, 0.1) is 5.92 Å². The van der Waals surface area contributed by atoms with Crippen LogP contribution in [-0.4, -0.2) is 43.3 Å². The summed E-state index contributed by atoms with van der Waals surface area (Å²) in [6.45, 7) is 7.69. The summed E-state index contributed by atoms with van der Waals surface area (Å²) in [5.41, 5.74) is 2.27. The molecular weight excluding hydrogens is 480 g/mol. The van der Waals surface area contributed by atoms with E-state index in [-0.39, 0.29) is 16.3 Å². The van der Waals surface area contributed by atoms with Crippen molar-refractivity contribution < 1.29 is 19.4 Å². The number of thioether (sulfide) groups is 1. The number of amides is 1. The second kappa shape index (κ2) is 10.7. The number of aromatic nitrogens is 1. The molecule has 174 valence electrons. The van der Waals surface area contributed by atoms with Crippen LogP contribution in [0.15, 0.2) is 41.4 Å². The summed E-state index contributed by atoms with van der Waals surface area (Å²) in [7, 11) is 0. The number of carboxylic acids is 1. The highest BCUT2D eigenvalue weighted by Crippen LogP contribution is 2.35. The van der Waals surface area contributed by atoms with Crippen molar-refractivity contribution in [3.05, 3.63) is 52.0 Å². The number of rotatable bonds is 8. The van der Waals surface area contributed by atoms with Crippen molar-refractivity contribution in [2.45, 2.75) is 46.3 Å². The van der Waals surface area contributed by atoms with Gasteiger partial charge in [0.05, 0.1) is 21.7 Å². The second-order valence-electron chi connectivity index (χ2n) is 8.32. The summed E-state index contributed by atoms with van der Waals surface area (Å²) >= 11 is 12.8. The Morgan fingerprint density at radius 3 is 2.55 bits per heavy atom. The monoisotopic (exact) mass is 504 g/mol. The molecule has 1 aliphatic heterocycles. The Hall–Kier alpha value is -2.42. The van der Waals surface area contributed by atoms with Crippen LogP contribution in [0.1, 0.15) is 39.7 Å². The second-order valence-corrected chi connectivity index (χ2v) is 10.4. The maximum atomic E-state index is 12.9. The molecule has 1 fully saturated rings. The molecule has 1 aliphatic rings. The van der Waals surface area contributed by atoms with Gasteiger partial charge in [-0.1, -0.05) is 55.5 Å². The van der Waals surface area contributed by atoms with Crippen molar-refractivity contribution in [1.29, 1.82) is 0 Å². The fourth-order valence-electron chi connectivity index (χ4n) is 3.33. The third kappa shape index (κ3) is 6.13. The van der Waals surface area contributed by atoms with Gasteiger partial charge in [-0.2, -0.15) is 0 Å². The van der Waals surface area contributed by atoms with E-state index in [1.54, 1.807) is 18.3 Å². The van der Waals surface area contributed by atoms with Gasteiger partial charge < -0.3 is 9.84 Å². The molecule has 2 aromatic rings. The van der Waals surface area contributed by atoms with E-state index in [1.807, 2.05) is 52.0 Å². The van der Waals surface area contributed by atoms with Gasteiger partial charge in [0.25, 0.3) is 5.91 Å². The van der Waals surface area contributed by atoms with Crippen LogP contribution in [0.2, 0.25) is 5.02 Å². The van der Waals surface area contributed by atoms with Crippen molar-refractivity contribution in [2.24, 2.45) is 5.92 Å². The van der Waals surface area contributed by atoms with Gasteiger partial charge in [0, 0.05) is 11.8 Å². The molecule has 0 radical (unpaired) electrons. The molecule has 2 heterocycles. The molecule has 3 rings (SSSR count). The van der Waals surface area contributed by atoms with Gasteiger partial charge in [0.2, 0.25) is 0 Å². The normalized spacial score (nSPS) is 16.2. The number of pyridine rings is 1. The Balaban J connectivity index is 1.80. The molecule has 1 N–H and O–H groups in total. The van der Waals surface area contributed by atoms with E-state index in [1.165, 1.54) is 4.90 Å². The Morgan fingerprint density at radius 1 is 1.27 bits per heavy atom. The van der Waals surface area contributed by atoms with Crippen molar-refractivity contribution >= 4 is 57.9 Å². The number of ether oxygens (including phenoxy) is 1. The SMILES string of the molecule is CC(C)CC(C(=O)O)N1C(=O)C(=Cc2ccc(-c3ccc(OC(C)C)c(Cl)c3)nc2)SC1=S. The maximum Gasteiger partial charge on any atom is 0.326 e. The number of benzene rings is 1. The number of nitrogens with zero attached hydrogens (tertiary/aromatic N) is 2. The number of aliphatic carboxylic acids is 1. The molecule has 0 bridgehead atoms. The van der Waals surface area contributed by atoms with Crippen LogP contribution in [0.4, 0.5) is 0 Å². The summed E-state index contributed by atoms with van der Waals surface area (Å²) in [5, 5.41) is 10.1. The van der Waals surface area contributed by atoms with E-state index in [0.717, 1.165) is 23.0 Å². The molecule has 1 unspecified atom stereocenters. The lowest BCUT2D eigenvalue weighted by Gasteiger charge is -2.24. The average molecular weight is 505 g/mol. The molecule has 9 heteroatoms. The van der Waals surface area contributed by atoms with Gasteiger partial charge in [0.1, 0.15) is 16.1 Å². The quantitative estimate of drug-likeness (QED) is 0.354. The third-order valence-electron chi connectivity index (χ3n) is 4.79. The molecule has 1 atom stereocenters. The lowest BCUT2D eigenvalue weighted by atomic mass is 10.0. The first-order chi connectivity index (χ1) is 15.6. The van der Waals surface area contributed by atoms with E-state index in [9.17, 15) is 14.7 Å². The van der Waals surface area contributed by atoms with E-state index >= 15 is 0 Å². The van der Waals surface area contributed by atoms with E-state index in [2.05, 4.69) is 4.98 Å². The molecule has 1 amide bonds. The first-order valence-corrected chi connectivity index (χ1v) is 12.1. The minimum Gasteiger partial charge on any atom is -0.489 e. The number of carbonyl (C=O) groups is 2. The van der Waals surface area contributed by atoms with Gasteiger partial charge in [-0.05, 0) is 62.1 Å². The van der Waals surface area contributed by atoms with Crippen LogP contribution in [-0.2, 0) is 9.59 Å². The Labute approximate surface area is 208 Å². The number of hydrogen-bond donors (Lipinski definition) is 1. The highest BCUT2D eigenvalue weighted by Gasteiger charge is 2.40. The zero-order chi connectivity index (χ0) is 24.3. The molecule has 1 aromatic carbocycles. The fourth-order valence-corrected chi connectivity index (χ4v) is 4.92. The van der Waals surface area contributed by atoms with Gasteiger partial charge in [-0.15, -0.1) is 0 Å². The van der Waals surface area contributed by atoms with Gasteiger partial charge >= 0.3 is 5.97 Å². The van der Waals surface area contributed by atoms with Crippen molar-refractivity contribution in [3.63, 3.8) is 0 Å². The van der Waals surface area contributed by atoms with Gasteiger partial charge in [-0.25, -0.2) is 4.79 Å². The standard InChI is InChI=1S/C24H25ClN2O4S2/c1-13(2)9-19(23(29)30)27-22(28)21(33-24(27)32)10-15-5-7-18(26-12-15)16-6-8-20(17(25)11-16)31-14(3)4/h5-8,10-14,19H,9H2,1-4H3,(H,29,30). The number of carbonyl (C=O) groups excluding carboxylic acids is 1. The highest BCUT2D eigenvalue weighted by molar-refractivity contribution is 8.26. The molecule has 0 spiro atoms. The van der Waals surface area contributed by atoms with Crippen LogP contribution < -0.4 is 4.74 Å². The molecule has 0 aliphatic carbocycles. The first-order valence-electron chi connectivity index (χ1n) is 10.5. The van der Waals surface area contributed by atoms with Crippen LogP contribution in [0.5, 0.6) is 5.75 Å².